The van der Waals surface area contributed by atoms with Crippen molar-refractivity contribution in [2.24, 2.45) is 0 Å². The summed E-state index contributed by atoms with van der Waals surface area (Å²) < 4.78 is 0. The number of hydrogen-bond donors (Lipinski definition) is 4. The van der Waals surface area contributed by atoms with Gasteiger partial charge in [0.2, 0.25) is 0 Å². The molecule has 7 heteroatoms. The van der Waals surface area contributed by atoms with Crippen LogP contribution >= 0.6 is 24.0 Å². The standard InChI is InChI=1S/C7H11N3O2S2/c8-7-10-4(3-14-7)1-9-5(2-13)6(11)12/h3,5,9,13H,1-2H2,(H2,8,10)(H,11,12)/t5-/m0/s1. The van der Waals surface area contributed by atoms with Crippen molar-refractivity contribution >= 4 is 35.1 Å². The first-order chi connectivity index (χ1) is 6.63. The van der Waals surface area contributed by atoms with Gasteiger partial charge in [-0.2, -0.15) is 12.6 Å². The quantitative estimate of drug-likeness (QED) is 0.546. The number of rotatable bonds is 5. The lowest BCUT2D eigenvalue weighted by Gasteiger charge is -2.09. The monoisotopic (exact) mass is 233 g/mol. The Balaban J connectivity index is 2.43. The average molecular weight is 233 g/mol. The van der Waals surface area contributed by atoms with Crippen LogP contribution in [0.5, 0.6) is 0 Å². The Morgan fingerprint density at radius 2 is 2.57 bits per heavy atom. The predicted octanol–water partition coefficient (Wildman–Crippen LogP) is 0.198. The molecule has 14 heavy (non-hydrogen) atoms. The Labute approximate surface area is 90.8 Å². The number of thiol groups is 1. The minimum atomic E-state index is -0.914. The van der Waals surface area contributed by atoms with E-state index in [-0.39, 0.29) is 5.75 Å². The molecule has 1 aromatic rings. The maximum absolute atomic E-state index is 10.6. The zero-order chi connectivity index (χ0) is 10.6. The van der Waals surface area contributed by atoms with Crippen LogP contribution in [0.2, 0.25) is 0 Å². The second-order valence-electron chi connectivity index (χ2n) is 2.63. The van der Waals surface area contributed by atoms with Crippen LogP contribution in [0.3, 0.4) is 0 Å². The first-order valence-corrected chi connectivity index (χ1v) is 5.41. The third-order valence-corrected chi connectivity index (χ3v) is 2.67. The number of nitrogens with zero attached hydrogens (tertiary/aromatic N) is 1. The minimum Gasteiger partial charge on any atom is -0.480 e. The van der Waals surface area contributed by atoms with E-state index in [0.29, 0.717) is 11.7 Å². The molecule has 1 rings (SSSR count). The van der Waals surface area contributed by atoms with E-state index in [1.807, 2.05) is 0 Å². The lowest BCUT2D eigenvalue weighted by Crippen LogP contribution is -2.37. The number of aromatic nitrogens is 1. The van der Waals surface area contributed by atoms with E-state index in [4.69, 9.17) is 10.8 Å². The van der Waals surface area contributed by atoms with Crippen molar-refractivity contribution < 1.29 is 9.90 Å². The van der Waals surface area contributed by atoms with E-state index in [1.54, 1.807) is 5.38 Å². The van der Waals surface area contributed by atoms with E-state index >= 15 is 0 Å². The molecule has 0 aliphatic heterocycles. The Bertz CT molecular complexity index is 316. The number of hydrogen-bond acceptors (Lipinski definition) is 6. The van der Waals surface area contributed by atoms with E-state index in [0.717, 1.165) is 5.69 Å². The van der Waals surface area contributed by atoms with E-state index in [1.165, 1.54) is 11.3 Å². The maximum Gasteiger partial charge on any atom is 0.321 e. The van der Waals surface area contributed by atoms with Gasteiger partial charge in [0, 0.05) is 17.7 Å². The molecule has 1 atom stereocenters. The second-order valence-corrected chi connectivity index (χ2v) is 3.89. The molecule has 5 nitrogen and oxygen atoms in total. The van der Waals surface area contributed by atoms with Crippen molar-refractivity contribution in [3.63, 3.8) is 0 Å². The molecule has 0 aromatic carbocycles. The number of carboxylic acids is 1. The zero-order valence-corrected chi connectivity index (χ0v) is 9.02. The summed E-state index contributed by atoms with van der Waals surface area (Å²) in [6.45, 7) is 0.394. The van der Waals surface area contributed by atoms with Crippen molar-refractivity contribution in [2.45, 2.75) is 12.6 Å². The van der Waals surface area contributed by atoms with Gasteiger partial charge in [0.1, 0.15) is 6.04 Å². The highest BCUT2D eigenvalue weighted by Crippen LogP contribution is 2.10. The van der Waals surface area contributed by atoms with Crippen LogP contribution in [0, 0.1) is 0 Å². The summed E-state index contributed by atoms with van der Waals surface area (Å²) in [4.78, 5) is 14.6. The number of thiazole rings is 1. The molecule has 0 saturated heterocycles. The van der Waals surface area contributed by atoms with Gasteiger partial charge < -0.3 is 10.8 Å². The largest absolute Gasteiger partial charge is 0.480 e. The van der Waals surface area contributed by atoms with E-state index < -0.39 is 12.0 Å². The molecule has 0 saturated carbocycles. The van der Waals surface area contributed by atoms with Gasteiger partial charge in [0.25, 0.3) is 0 Å². The molecule has 0 bridgehead atoms. The smallest absolute Gasteiger partial charge is 0.321 e. The zero-order valence-electron chi connectivity index (χ0n) is 7.30. The summed E-state index contributed by atoms with van der Waals surface area (Å²) in [6.07, 6.45) is 0. The van der Waals surface area contributed by atoms with Gasteiger partial charge in [-0.3, -0.25) is 10.1 Å². The highest BCUT2D eigenvalue weighted by Gasteiger charge is 2.14. The van der Waals surface area contributed by atoms with Crippen molar-refractivity contribution in [1.82, 2.24) is 10.3 Å². The molecular weight excluding hydrogens is 222 g/mol. The third-order valence-electron chi connectivity index (χ3n) is 1.58. The van der Waals surface area contributed by atoms with Crippen molar-refractivity contribution in [3.05, 3.63) is 11.1 Å². The number of nitrogens with two attached hydrogens (primary N) is 1. The number of nitrogens with one attached hydrogen (secondary N) is 1. The highest BCUT2D eigenvalue weighted by atomic mass is 32.1. The fourth-order valence-electron chi connectivity index (χ4n) is 0.862. The molecule has 0 aliphatic carbocycles. The predicted molar refractivity (Wildman–Crippen MR) is 58.6 cm³/mol. The normalized spacial score (nSPS) is 12.6. The summed E-state index contributed by atoms with van der Waals surface area (Å²) in [5, 5.41) is 13.8. The van der Waals surface area contributed by atoms with Gasteiger partial charge in [-0.1, -0.05) is 0 Å². The molecule has 0 aliphatic rings. The van der Waals surface area contributed by atoms with Crippen molar-refractivity contribution in [1.29, 1.82) is 0 Å². The maximum atomic E-state index is 10.6. The molecule has 0 fully saturated rings. The lowest BCUT2D eigenvalue weighted by atomic mass is 10.3. The fourth-order valence-corrected chi connectivity index (χ4v) is 1.71. The van der Waals surface area contributed by atoms with Gasteiger partial charge in [-0.25, -0.2) is 4.98 Å². The van der Waals surface area contributed by atoms with Gasteiger partial charge in [0.05, 0.1) is 5.69 Å². The van der Waals surface area contributed by atoms with Crippen LogP contribution in [0.15, 0.2) is 5.38 Å². The van der Waals surface area contributed by atoms with Crippen LogP contribution in [0.25, 0.3) is 0 Å². The SMILES string of the molecule is Nc1nc(CN[C@@H](CS)C(=O)O)cs1. The topological polar surface area (TPSA) is 88.2 Å². The van der Waals surface area contributed by atoms with Crippen LogP contribution in [0.1, 0.15) is 5.69 Å². The molecule has 1 aromatic heterocycles. The van der Waals surface area contributed by atoms with Gasteiger partial charge in [-0.15, -0.1) is 11.3 Å². The Hall–Kier alpha value is -0.790. The molecule has 1 heterocycles. The molecule has 4 N–H and O–H groups in total. The lowest BCUT2D eigenvalue weighted by molar-refractivity contribution is -0.138. The number of carboxylic acid groups (broad SMARTS) is 1. The average Bonchev–Trinajstić information content (AvgIpc) is 2.52. The van der Waals surface area contributed by atoms with Crippen LogP contribution in [-0.4, -0.2) is 27.9 Å². The van der Waals surface area contributed by atoms with Crippen LogP contribution in [-0.2, 0) is 11.3 Å². The highest BCUT2D eigenvalue weighted by molar-refractivity contribution is 7.80. The summed E-state index contributed by atoms with van der Waals surface area (Å²) in [7, 11) is 0. The second kappa shape index (κ2) is 5.18. The summed E-state index contributed by atoms with van der Waals surface area (Å²) >= 11 is 5.25. The molecule has 78 valence electrons. The van der Waals surface area contributed by atoms with Gasteiger partial charge in [-0.05, 0) is 0 Å². The minimum absolute atomic E-state index is 0.245. The number of carbonyl (C=O) groups is 1. The molecule has 0 radical (unpaired) electrons. The first kappa shape index (κ1) is 11.3. The molecular formula is C7H11N3O2S2. The van der Waals surface area contributed by atoms with Crippen molar-refractivity contribution in [3.8, 4) is 0 Å². The molecule has 0 amide bonds. The van der Waals surface area contributed by atoms with Crippen LogP contribution < -0.4 is 11.1 Å². The Morgan fingerprint density at radius 1 is 1.86 bits per heavy atom. The summed E-state index contributed by atoms with van der Waals surface area (Å²) in [6, 6.07) is -0.652. The van der Waals surface area contributed by atoms with Gasteiger partial charge >= 0.3 is 5.97 Å². The fraction of sp³-hybridized carbons (Fsp3) is 0.429. The van der Waals surface area contributed by atoms with E-state index in [9.17, 15) is 4.79 Å². The number of anilines is 1. The molecule has 0 spiro atoms. The summed E-state index contributed by atoms with van der Waals surface area (Å²) in [5.74, 6) is -0.669. The molecule has 0 unspecified atom stereocenters. The van der Waals surface area contributed by atoms with E-state index in [2.05, 4.69) is 22.9 Å². The van der Waals surface area contributed by atoms with Crippen molar-refractivity contribution in [2.75, 3.05) is 11.5 Å². The van der Waals surface area contributed by atoms with Crippen LogP contribution in [0.4, 0.5) is 5.13 Å². The number of aliphatic carboxylic acids is 1. The number of nitrogen functional groups attached to an aromatic ring is 1. The van der Waals surface area contributed by atoms with Gasteiger partial charge in [0.15, 0.2) is 5.13 Å². The first-order valence-electron chi connectivity index (χ1n) is 3.90. The Kier molecular flexibility index (Phi) is 4.18. The third kappa shape index (κ3) is 3.17. The summed E-state index contributed by atoms with van der Waals surface area (Å²) in [5.41, 5.74) is 6.18. The Morgan fingerprint density at radius 3 is 3.00 bits per heavy atom.